The molecule has 6 heteroatoms. The first-order valence-electron chi connectivity index (χ1n) is 5.27. The van der Waals surface area contributed by atoms with E-state index in [1.165, 1.54) is 11.9 Å². The summed E-state index contributed by atoms with van der Waals surface area (Å²) in [6.07, 6.45) is 3.14. The lowest BCUT2D eigenvalue weighted by atomic mass is 10.2. The quantitative estimate of drug-likeness (QED) is 0.744. The van der Waals surface area contributed by atoms with Crippen molar-refractivity contribution in [2.45, 2.75) is 13.0 Å². The number of aromatic nitrogens is 4. The van der Waals surface area contributed by atoms with Crippen LogP contribution in [0.4, 0.5) is 5.82 Å². The minimum Gasteiger partial charge on any atom is -0.362 e. The summed E-state index contributed by atoms with van der Waals surface area (Å²) in [6.45, 7) is 2.10. The van der Waals surface area contributed by atoms with Gasteiger partial charge in [0.05, 0.1) is 12.4 Å². The number of hydrogen-bond donors (Lipinski definition) is 2. The molecule has 0 spiro atoms. The van der Waals surface area contributed by atoms with Crippen LogP contribution in [0.2, 0.25) is 0 Å². The van der Waals surface area contributed by atoms with E-state index in [2.05, 4.69) is 49.0 Å². The van der Waals surface area contributed by atoms with E-state index in [-0.39, 0.29) is 6.04 Å². The Morgan fingerprint density at radius 2 is 2.29 bits per heavy atom. The predicted molar refractivity (Wildman–Crippen MR) is 68.0 cm³/mol. The van der Waals surface area contributed by atoms with Crippen LogP contribution >= 0.6 is 11.3 Å². The number of rotatable bonds is 3. The second kappa shape index (κ2) is 4.14. The van der Waals surface area contributed by atoms with Gasteiger partial charge in [-0.2, -0.15) is 11.3 Å². The average molecular weight is 245 g/mol. The molecule has 0 aromatic carbocycles. The van der Waals surface area contributed by atoms with Gasteiger partial charge in [0.25, 0.3) is 0 Å². The van der Waals surface area contributed by atoms with Gasteiger partial charge in [-0.15, -0.1) is 0 Å². The highest BCUT2D eigenvalue weighted by Crippen LogP contribution is 2.22. The van der Waals surface area contributed by atoms with Crippen LogP contribution in [-0.2, 0) is 0 Å². The molecule has 0 fully saturated rings. The average Bonchev–Trinajstić information content (AvgIpc) is 3.00. The van der Waals surface area contributed by atoms with Gasteiger partial charge in [-0.25, -0.2) is 15.0 Å². The largest absolute Gasteiger partial charge is 0.362 e. The summed E-state index contributed by atoms with van der Waals surface area (Å²) in [4.78, 5) is 15.5. The summed E-state index contributed by atoms with van der Waals surface area (Å²) >= 11 is 1.69. The molecular formula is C11H11N5S. The zero-order valence-corrected chi connectivity index (χ0v) is 10.0. The minimum absolute atomic E-state index is 0.211. The standard InChI is InChI=1S/C11H11N5S/c1-7(8-2-3-17-4-8)16-11-9-10(13-5-12-9)14-6-15-11/h2-7H,1H3,(H2,12,13,14,15,16). The lowest BCUT2D eigenvalue weighted by molar-refractivity contribution is 0.880. The number of nitrogens with one attached hydrogen (secondary N) is 2. The van der Waals surface area contributed by atoms with E-state index in [9.17, 15) is 0 Å². The Morgan fingerprint density at radius 1 is 1.35 bits per heavy atom. The summed E-state index contributed by atoms with van der Waals surface area (Å²) in [5.74, 6) is 0.784. The Bertz CT molecular complexity index is 616. The second-order valence-electron chi connectivity index (χ2n) is 3.75. The molecule has 1 unspecified atom stereocenters. The summed E-state index contributed by atoms with van der Waals surface area (Å²) < 4.78 is 0. The fourth-order valence-electron chi connectivity index (χ4n) is 1.68. The highest BCUT2D eigenvalue weighted by molar-refractivity contribution is 7.07. The van der Waals surface area contributed by atoms with E-state index in [0.29, 0.717) is 5.65 Å². The number of nitrogens with zero attached hydrogens (tertiary/aromatic N) is 3. The molecule has 3 heterocycles. The van der Waals surface area contributed by atoms with Crippen LogP contribution in [0.5, 0.6) is 0 Å². The number of hydrogen-bond acceptors (Lipinski definition) is 5. The van der Waals surface area contributed by atoms with Crippen molar-refractivity contribution < 1.29 is 0 Å². The number of anilines is 1. The molecule has 0 saturated heterocycles. The molecule has 0 saturated carbocycles. The maximum atomic E-state index is 4.24. The molecule has 17 heavy (non-hydrogen) atoms. The Kier molecular flexibility index (Phi) is 2.49. The van der Waals surface area contributed by atoms with Crippen LogP contribution in [-0.4, -0.2) is 19.9 Å². The molecule has 3 rings (SSSR count). The molecule has 0 bridgehead atoms. The third-order valence-corrected chi connectivity index (χ3v) is 3.32. The van der Waals surface area contributed by atoms with Crippen LogP contribution in [0.25, 0.3) is 11.2 Å². The van der Waals surface area contributed by atoms with Gasteiger partial charge in [-0.05, 0) is 29.3 Å². The van der Waals surface area contributed by atoms with E-state index in [1.54, 1.807) is 17.7 Å². The Labute approximate surface area is 102 Å². The number of fused-ring (bicyclic) bond motifs is 1. The molecule has 0 radical (unpaired) electrons. The minimum atomic E-state index is 0.211. The Balaban J connectivity index is 1.92. The van der Waals surface area contributed by atoms with Gasteiger partial charge >= 0.3 is 0 Å². The van der Waals surface area contributed by atoms with Crippen LogP contribution in [0.15, 0.2) is 29.5 Å². The summed E-state index contributed by atoms with van der Waals surface area (Å²) in [5.41, 5.74) is 2.77. The maximum absolute atomic E-state index is 4.24. The zero-order chi connectivity index (χ0) is 11.7. The van der Waals surface area contributed by atoms with Crippen molar-refractivity contribution in [1.82, 2.24) is 19.9 Å². The van der Waals surface area contributed by atoms with Crippen LogP contribution in [0, 0.1) is 0 Å². The number of thiophene rings is 1. The molecule has 0 aliphatic rings. The maximum Gasteiger partial charge on any atom is 0.182 e. The van der Waals surface area contributed by atoms with E-state index in [1.807, 2.05) is 0 Å². The van der Waals surface area contributed by atoms with Crippen LogP contribution in [0.1, 0.15) is 18.5 Å². The fraction of sp³-hybridized carbons (Fsp3) is 0.182. The molecule has 0 aliphatic carbocycles. The van der Waals surface area contributed by atoms with Gasteiger partial charge in [-0.3, -0.25) is 0 Å². The van der Waals surface area contributed by atoms with Crippen molar-refractivity contribution in [2.75, 3.05) is 5.32 Å². The zero-order valence-electron chi connectivity index (χ0n) is 9.21. The summed E-state index contributed by atoms with van der Waals surface area (Å²) in [7, 11) is 0. The lowest BCUT2D eigenvalue weighted by Gasteiger charge is -2.13. The lowest BCUT2D eigenvalue weighted by Crippen LogP contribution is -2.07. The fourth-order valence-corrected chi connectivity index (χ4v) is 2.44. The summed E-state index contributed by atoms with van der Waals surface area (Å²) in [5, 5.41) is 7.55. The van der Waals surface area contributed by atoms with Gasteiger partial charge in [0.15, 0.2) is 11.5 Å². The van der Waals surface area contributed by atoms with Gasteiger partial charge in [0, 0.05) is 0 Å². The van der Waals surface area contributed by atoms with E-state index in [4.69, 9.17) is 0 Å². The monoisotopic (exact) mass is 245 g/mol. The molecular weight excluding hydrogens is 234 g/mol. The number of imidazole rings is 1. The normalized spacial score (nSPS) is 12.8. The number of aromatic amines is 1. The Hall–Kier alpha value is -1.95. The first kappa shape index (κ1) is 10.2. The van der Waals surface area contributed by atoms with Crippen molar-refractivity contribution in [2.24, 2.45) is 0 Å². The smallest absolute Gasteiger partial charge is 0.182 e. The Morgan fingerprint density at radius 3 is 3.12 bits per heavy atom. The molecule has 0 aliphatic heterocycles. The van der Waals surface area contributed by atoms with Crippen LogP contribution < -0.4 is 5.32 Å². The highest BCUT2D eigenvalue weighted by atomic mass is 32.1. The van der Waals surface area contributed by atoms with Gasteiger partial charge < -0.3 is 10.3 Å². The third kappa shape index (κ3) is 1.87. The van der Waals surface area contributed by atoms with Crippen molar-refractivity contribution in [3.8, 4) is 0 Å². The SMILES string of the molecule is CC(Nc1ncnc2nc[nH]c12)c1ccsc1. The topological polar surface area (TPSA) is 66.5 Å². The summed E-state index contributed by atoms with van der Waals surface area (Å²) in [6, 6.07) is 2.32. The number of H-pyrrole nitrogens is 1. The third-order valence-electron chi connectivity index (χ3n) is 2.62. The van der Waals surface area contributed by atoms with Crippen molar-refractivity contribution in [3.63, 3.8) is 0 Å². The predicted octanol–water partition coefficient (Wildman–Crippen LogP) is 2.59. The van der Waals surface area contributed by atoms with Crippen molar-refractivity contribution >= 4 is 28.3 Å². The molecule has 0 amide bonds. The van der Waals surface area contributed by atoms with E-state index in [0.717, 1.165) is 11.3 Å². The molecule has 86 valence electrons. The molecule has 3 aromatic heterocycles. The van der Waals surface area contributed by atoms with Crippen LogP contribution in [0.3, 0.4) is 0 Å². The van der Waals surface area contributed by atoms with E-state index >= 15 is 0 Å². The van der Waals surface area contributed by atoms with Gasteiger partial charge in [-0.1, -0.05) is 0 Å². The first-order valence-corrected chi connectivity index (χ1v) is 6.21. The molecule has 1 atom stereocenters. The molecule has 2 N–H and O–H groups in total. The molecule has 5 nitrogen and oxygen atoms in total. The second-order valence-corrected chi connectivity index (χ2v) is 4.53. The first-order chi connectivity index (χ1) is 8.34. The van der Waals surface area contributed by atoms with E-state index < -0.39 is 0 Å². The van der Waals surface area contributed by atoms with Gasteiger partial charge in [0.2, 0.25) is 0 Å². The van der Waals surface area contributed by atoms with Crippen molar-refractivity contribution in [1.29, 1.82) is 0 Å². The van der Waals surface area contributed by atoms with Crippen molar-refractivity contribution in [3.05, 3.63) is 35.0 Å². The highest BCUT2D eigenvalue weighted by Gasteiger charge is 2.10. The van der Waals surface area contributed by atoms with Gasteiger partial charge in [0.1, 0.15) is 11.8 Å². The molecule has 3 aromatic rings.